The molecule has 0 fully saturated rings. The number of hydrogen-bond acceptors (Lipinski definition) is 8. The molecule has 0 aromatic rings. The summed E-state index contributed by atoms with van der Waals surface area (Å²) in [6.07, 6.45) is 10.9. The maximum absolute atomic E-state index is 7.75. The van der Waals surface area contributed by atoms with Crippen LogP contribution in [0.4, 0.5) is 0 Å². The Morgan fingerprint density at radius 1 is 0.229 bits per heavy atom. The summed E-state index contributed by atoms with van der Waals surface area (Å²) in [5.74, 6) is 0. The predicted molar refractivity (Wildman–Crippen MR) is 339 cm³/mol. The van der Waals surface area contributed by atoms with Gasteiger partial charge in [-0.25, -0.2) is 0 Å². The van der Waals surface area contributed by atoms with Gasteiger partial charge in [-0.15, -0.1) is 52.4 Å². The second-order valence-corrected chi connectivity index (χ2v) is 37.7. The summed E-state index contributed by atoms with van der Waals surface area (Å²) in [5.41, 5.74) is 0. The standard InChI is InChI=1S/4C8H20NP2.8CHO.CH4.4CH3.4Mn.Y/c4*1-10(2)7-5-9-6-8-11(3)4;8*1-2;;;;;;;;;;/h4*5-8H2,1-4H3;8*1H;1H4;4*1H3;;;;;/q12*-1;;4*-1;;;;;/p+8. The van der Waals surface area contributed by atoms with E-state index < -0.39 is 0 Å². The number of rotatable bonds is 24. The van der Waals surface area contributed by atoms with Crippen molar-refractivity contribution in [1.29, 1.82) is 0 Å². The van der Waals surface area contributed by atoms with Crippen molar-refractivity contribution in [3.05, 3.63) is 51.0 Å². The van der Waals surface area contributed by atoms with E-state index in [0.29, 0.717) is 0 Å². The molecular formula is C45H112Mn4N4O8P8Y-8. The molecular weight excluding hydrogens is 1280 g/mol. The Hall–Kier alpha value is 3.82. The molecule has 0 heterocycles. The summed E-state index contributed by atoms with van der Waals surface area (Å²) < 4.78 is 0. The topological polar surface area (TPSA) is 193 Å². The summed E-state index contributed by atoms with van der Waals surface area (Å²) in [7, 11) is -0.164. The molecule has 0 amide bonds. The van der Waals surface area contributed by atoms with Crippen LogP contribution in [0.1, 0.15) is 7.43 Å². The van der Waals surface area contributed by atoms with Crippen molar-refractivity contribution < 1.29 is 139 Å². The molecule has 0 aliphatic rings. The van der Waals surface area contributed by atoms with Crippen LogP contribution in [0.2, 0.25) is 0 Å². The van der Waals surface area contributed by atoms with Crippen molar-refractivity contribution in [2.24, 2.45) is 0 Å². The maximum Gasteiger partial charge on any atom is 0.0463 e. The van der Waals surface area contributed by atoms with Gasteiger partial charge >= 0.3 is 0 Å². The van der Waals surface area contributed by atoms with E-state index in [0.717, 1.165) is 52.4 Å². The zero-order chi connectivity index (χ0) is 50.8. The Labute approximate surface area is 518 Å². The Bertz CT molecular complexity index is 543. The van der Waals surface area contributed by atoms with Crippen LogP contribution in [0, 0.1) is 29.7 Å². The summed E-state index contributed by atoms with van der Waals surface area (Å²) >= 11 is 0. The number of carbonyl (C=O) groups excluding carboxylic acids is 8. The van der Waals surface area contributed by atoms with Crippen molar-refractivity contribution in [2.45, 2.75) is 7.43 Å². The van der Waals surface area contributed by atoms with E-state index in [1.165, 1.54) is 49.3 Å². The quantitative estimate of drug-likeness (QED) is 0.0300. The Morgan fingerprint density at radius 2 is 0.286 bits per heavy atom. The fraction of sp³-hybridized carbons (Fsp3) is 0.733. The van der Waals surface area contributed by atoms with E-state index in [2.05, 4.69) is 182 Å². The predicted octanol–water partition coefficient (Wildman–Crippen LogP) is 9.46. The van der Waals surface area contributed by atoms with Gasteiger partial charge in [-0.3, -0.25) is 54.3 Å². The third kappa shape index (κ3) is 281. The van der Waals surface area contributed by atoms with Gasteiger partial charge in [0.2, 0.25) is 0 Å². The molecule has 0 aromatic heterocycles. The minimum Gasteiger partial charge on any atom is -0.656 e. The van der Waals surface area contributed by atoms with E-state index >= 15 is 0 Å². The molecule has 25 heteroatoms. The molecule has 70 heavy (non-hydrogen) atoms. The summed E-state index contributed by atoms with van der Waals surface area (Å²) in [6, 6.07) is 0. The van der Waals surface area contributed by atoms with Crippen molar-refractivity contribution >= 4 is 118 Å². The van der Waals surface area contributed by atoms with Crippen LogP contribution in [0.15, 0.2) is 0 Å². The molecule has 0 rings (SSSR count). The molecule has 0 spiro atoms. The zero-order valence-electron chi connectivity index (χ0n) is 47.1. The first kappa shape index (κ1) is 146. The Balaban J connectivity index is -0.0000000191. The van der Waals surface area contributed by atoms with E-state index in [1.807, 2.05) is 0 Å². The molecule has 439 valence electrons. The molecule has 0 atom stereocenters. The van der Waals surface area contributed by atoms with E-state index in [4.69, 9.17) is 38.4 Å². The van der Waals surface area contributed by atoms with Gasteiger partial charge in [-0.2, -0.15) is 0 Å². The molecule has 0 aliphatic carbocycles. The second-order valence-electron chi connectivity index (χ2n) is 14.3. The fourth-order valence-corrected chi connectivity index (χ4v) is 7.71. The monoisotopic (exact) mass is 1390 g/mol. The van der Waals surface area contributed by atoms with Gasteiger partial charge < -0.3 is 89.3 Å². The van der Waals surface area contributed by atoms with Crippen LogP contribution in [-0.4, -0.2) is 263 Å². The molecule has 0 bridgehead atoms. The minimum absolute atomic E-state index is 0. The fourth-order valence-electron chi connectivity index (χ4n) is 2.87. The summed E-state index contributed by atoms with van der Waals surface area (Å²) in [6.45, 7) is 72.7. The summed E-state index contributed by atoms with van der Waals surface area (Å²) in [4.78, 5) is 62.0. The van der Waals surface area contributed by atoms with Gasteiger partial charge in [-0.1, -0.05) is 7.43 Å². The second kappa shape index (κ2) is 164. The zero-order valence-corrected chi connectivity index (χ0v) is 62.6. The first-order chi connectivity index (χ1) is 28.5. The maximum atomic E-state index is 7.75. The Kier molecular flexibility index (Phi) is 342. The third-order valence-electron chi connectivity index (χ3n) is 6.16. The van der Waals surface area contributed by atoms with Crippen LogP contribution in [0.5, 0.6) is 0 Å². The SMILES string of the molecule is C.C[PH+](C)CC[N-]CC[PH+](C)C.C[PH+](C)CC[N-]CC[PH+](C)C.C[PH+](C)CC[N-]CC[PH+](C)C.C[PH+](C)CC[N-]CC[PH+](C)C.[CH-]=O.[CH-]=O.[CH-]=O.[CH-]=O.[CH-]=O.[CH-]=O.[CH-]=O.[CH-]=O.[CH3-].[CH3-].[CH3-].[CH3-].[Mn].[Mn].[Mn].[Mn].[Y]. The molecule has 0 aromatic carbocycles. The van der Waals surface area contributed by atoms with Gasteiger partial charge in [-0.05, 0) is 63.4 Å². The average Bonchev–Trinajstić information content (AvgIpc) is 3.23. The molecule has 12 nitrogen and oxygen atoms in total. The molecule has 0 N–H and O–H groups in total. The largest absolute Gasteiger partial charge is 0.656 e. The van der Waals surface area contributed by atoms with E-state index in [1.54, 1.807) is 0 Å². The van der Waals surface area contributed by atoms with Crippen LogP contribution in [-0.2, 0) is 139 Å². The van der Waals surface area contributed by atoms with Crippen molar-refractivity contribution in [3.8, 4) is 0 Å². The molecule has 0 unspecified atom stereocenters. The third-order valence-corrected chi connectivity index (χ3v) is 15.9. The first-order valence-electron chi connectivity index (χ1n) is 19.2. The van der Waals surface area contributed by atoms with Crippen LogP contribution in [0.25, 0.3) is 21.3 Å². The van der Waals surface area contributed by atoms with Crippen LogP contribution < -0.4 is 0 Å². The van der Waals surface area contributed by atoms with Gasteiger partial charge in [0.1, 0.15) is 0 Å². The van der Waals surface area contributed by atoms with Crippen LogP contribution in [0.3, 0.4) is 0 Å². The summed E-state index contributed by atoms with van der Waals surface area (Å²) in [5, 5.41) is 18.0. The minimum atomic E-state index is -0.0205. The first-order valence-corrected chi connectivity index (χ1v) is 40.9. The van der Waals surface area contributed by atoms with E-state index in [9.17, 15) is 0 Å². The van der Waals surface area contributed by atoms with Gasteiger partial charge in [0, 0.05) is 257 Å². The van der Waals surface area contributed by atoms with Gasteiger partial charge in [0.05, 0.1) is 0 Å². The van der Waals surface area contributed by atoms with Crippen molar-refractivity contribution in [2.75, 3.05) is 208 Å². The molecule has 0 saturated carbocycles. The van der Waals surface area contributed by atoms with E-state index in [-0.39, 0.29) is 201 Å². The number of hydrogen-bond donors (Lipinski definition) is 0. The van der Waals surface area contributed by atoms with Gasteiger partial charge in [0.15, 0.2) is 0 Å². The normalized spacial score (nSPS) is 7.66. The average molecular weight is 1390 g/mol. The smallest absolute Gasteiger partial charge is 0.0463 e. The van der Waals surface area contributed by atoms with Gasteiger partial charge in [0.25, 0.3) is 0 Å². The molecule has 5 radical (unpaired) electrons. The Morgan fingerprint density at radius 3 is 0.329 bits per heavy atom. The van der Waals surface area contributed by atoms with Crippen molar-refractivity contribution in [3.63, 3.8) is 0 Å². The molecule has 0 aliphatic heterocycles. The van der Waals surface area contributed by atoms with Crippen molar-refractivity contribution in [1.82, 2.24) is 0 Å². The number of nitrogens with zero attached hydrogens (tertiary/aromatic N) is 4. The molecule has 0 saturated heterocycles. The van der Waals surface area contributed by atoms with Crippen LogP contribution >= 0.6 is 63.4 Å².